The highest BCUT2D eigenvalue weighted by atomic mass is 32.2. The summed E-state index contributed by atoms with van der Waals surface area (Å²) in [6.07, 6.45) is 5.02. The van der Waals surface area contributed by atoms with E-state index in [2.05, 4.69) is 15.4 Å². The van der Waals surface area contributed by atoms with Crippen molar-refractivity contribution in [1.82, 2.24) is 5.32 Å². The van der Waals surface area contributed by atoms with Gasteiger partial charge >= 0.3 is 0 Å². The van der Waals surface area contributed by atoms with Gasteiger partial charge in [-0.15, -0.1) is 0 Å². The van der Waals surface area contributed by atoms with Crippen LogP contribution in [-0.2, 0) is 14.8 Å². The van der Waals surface area contributed by atoms with Gasteiger partial charge in [0.1, 0.15) is 0 Å². The third kappa shape index (κ3) is 5.24. The molecule has 0 atom stereocenters. The van der Waals surface area contributed by atoms with Gasteiger partial charge in [0.05, 0.1) is 17.5 Å². The maximum atomic E-state index is 12.5. The zero-order chi connectivity index (χ0) is 17.0. The molecule has 1 aliphatic carbocycles. The highest BCUT2D eigenvalue weighted by Gasteiger charge is 2.21. The Morgan fingerprint density at radius 3 is 2.39 bits per heavy atom. The lowest BCUT2D eigenvalue weighted by molar-refractivity contribution is -0.114. The van der Waals surface area contributed by atoms with Crippen molar-refractivity contribution < 1.29 is 18.0 Å². The first-order valence-corrected chi connectivity index (χ1v) is 9.34. The van der Waals surface area contributed by atoms with Crippen LogP contribution in [0.3, 0.4) is 0 Å². The number of benzene rings is 1. The largest absolute Gasteiger partial charge is 0.349 e. The van der Waals surface area contributed by atoms with Crippen molar-refractivity contribution in [3.05, 3.63) is 23.8 Å². The number of anilines is 2. The number of hydrogen-bond acceptors (Lipinski definition) is 4. The second-order valence-electron chi connectivity index (χ2n) is 5.77. The van der Waals surface area contributed by atoms with Crippen LogP contribution in [0.4, 0.5) is 11.4 Å². The van der Waals surface area contributed by atoms with Crippen LogP contribution >= 0.6 is 0 Å². The van der Waals surface area contributed by atoms with Crippen molar-refractivity contribution in [3.8, 4) is 0 Å². The fourth-order valence-corrected chi connectivity index (χ4v) is 3.21. The lowest BCUT2D eigenvalue weighted by atomic mass is 10.1. The molecule has 8 heteroatoms. The fraction of sp³-hybridized carbons (Fsp3) is 0.467. The number of carbonyl (C=O) groups excluding carboxylic acids is 2. The normalized spacial score (nSPS) is 15.2. The summed E-state index contributed by atoms with van der Waals surface area (Å²) in [6, 6.07) is 4.59. The maximum absolute atomic E-state index is 12.5. The quantitative estimate of drug-likeness (QED) is 0.759. The Morgan fingerprint density at radius 1 is 1.17 bits per heavy atom. The second kappa shape index (κ2) is 6.99. The minimum absolute atomic E-state index is 0.109. The van der Waals surface area contributed by atoms with Gasteiger partial charge < -0.3 is 10.6 Å². The predicted octanol–water partition coefficient (Wildman–Crippen LogP) is 1.69. The Balaban J connectivity index is 2.30. The van der Waals surface area contributed by atoms with Crippen LogP contribution in [0.25, 0.3) is 0 Å². The number of amides is 2. The summed E-state index contributed by atoms with van der Waals surface area (Å²) < 4.78 is 25.3. The maximum Gasteiger partial charge on any atom is 0.253 e. The molecule has 0 spiro atoms. The Morgan fingerprint density at radius 2 is 1.83 bits per heavy atom. The molecule has 1 fully saturated rings. The van der Waals surface area contributed by atoms with E-state index in [1.807, 2.05) is 0 Å². The lowest BCUT2D eigenvalue weighted by Gasteiger charge is -2.16. The molecule has 3 N–H and O–H groups in total. The van der Waals surface area contributed by atoms with Crippen molar-refractivity contribution >= 4 is 33.2 Å². The van der Waals surface area contributed by atoms with E-state index in [0.29, 0.717) is 5.69 Å². The van der Waals surface area contributed by atoms with Gasteiger partial charge in [-0.05, 0) is 31.0 Å². The number of carbonyl (C=O) groups is 2. The van der Waals surface area contributed by atoms with Gasteiger partial charge in [-0.2, -0.15) is 0 Å². The second-order valence-corrected chi connectivity index (χ2v) is 7.52. The zero-order valence-electron chi connectivity index (χ0n) is 13.2. The number of hydrogen-bond donors (Lipinski definition) is 3. The van der Waals surface area contributed by atoms with Crippen LogP contribution in [0.2, 0.25) is 0 Å². The Hall–Kier alpha value is -2.09. The Kier molecular flexibility index (Phi) is 5.25. The average molecular weight is 339 g/mol. The molecular formula is C15H21N3O4S. The van der Waals surface area contributed by atoms with Gasteiger partial charge in [0.2, 0.25) is 15.9 Å². The molecule has 0 bridgehead atoms. The fourth-order valence-electron chi connectivity index (χ4n) is 2.64. The van der Waals surface area contributed by atoms with Crippen LogP contribution in [0.1, 0.15) is 43.0 Å². The minimum atomic E-state index is -3.51. The predicted molar refractivity (Wildman–Crippen MR) is 88.9 cm³/mol. The molecule has 7 nitrogen and oxygen atoms in total. The molecule has 23 heavy (non-hydrogen) atoms. The topological polar surface area (TPSA) is 104 Å². The van der Waals surface area contributed by atoms with Gasteiger partial charge in [-0.25, -0.2) is 8.42 Å². The molecule has 0 saturated heterocycles. The van der Waals surface area contributed by atoms with E-state index in [1.54, 1.807) is 6.07 Å². The molecule has 0 aromatic heterocycles. The van der Waals surface area contributed by atoms with E-state index >= 15 is 0 Å². The van der Waals surface area contributed by atoms with Crippen LogP contribution in [0.15, 0.2) is 18.2 Å². The number of nitrogens with one attached hydrogen (secondary N) is 3. The molecule has 126 valence electrons. The Labute approximate surface area is 135 Å². The smallest absolute Gasteiger partial charge is 0.253 e. The van der Waals surface area contributed by atoms with E-state index in [1.165, 1.54) is 19.1 Å². The third-order valence-corrected chi connectivity index (χ3v) is 4.16. The first-order valence-electron chi connectivity index (χ1n) is 7.45. The van der Waals surface area contributed by atoms with E-state index < -0.39 is 10.0 Å². The molecule has 0 unspecified atom stereocenters. The van der Waals surface area contributed by atoms with Gasteiger partial charge in [-0.3, -0.25) is 14.3 Å². The van der Waals surface area contributed by atoms with Crippen molar-refractivity contribution in [2.75, 3.05) is 16.3 Å². The van der Waals surface area contributed by atoms with E-state index in [0.717, 1.165) is 31.9 Å². The van der Waals surface area contributed by atoms with Crippen molar-refractivity contribution in [3.63, 3.8) is 0 Å². The van der Waals surface area contributed by atoms with Crippen LogP contribution in [0.5, 0.6) is 0 Å². The van der Waals surface area contributed by atoms with E-state index in [4.69, 9.17) is 0 Å². The summed E-state index contributed by atoms with van der Waals surface area (Å²) in [6.45, 7) is 1.36. The highest BCUT2D eigenvalue weighted by Crippen LogP contribution is 2.23. The van der Waals surface area contributed by atoms with Gasteiger partial charge in [0.15, 0.2) is 0 Å². The number of sulfonamides is 1. The van der Waals surface area contributed by atoms with Crippen LogP contribution in [0, 0.1) is 0 Å². The first-order chi connectivity index (χ1) is 10.7. The SMILES string of the molecule is CC(=O)Nc1ccc(NS(C)(=O)=O)c(C(=O)NC2CCCC2)c1. The summed E-state index contributed by atoms with van der Waals surface area (Å²) >= 11 is 0. The Bertz CT molecular complexity index is 709. The molecule has 1 aliphatic rings. The summed E-state index contributed by atoms with van der Waals surface area (Å²) in [5.74, 6) is -0.619. The summed E-state index contributed by atoms with van der Waals surface area (Å²) in [4.78, 5) is 23.7. The first kappa shape index (κ1) is 17.3. The van der Waals surface area contributed by atoms with Crippen molar-refractivity contribution in [2.45, 2.75) is 38.6 Å². The summed E-state index contributed by atoms with van der Waals surface area (Å²) in [7, 11) is -3.51. The molecule has 1 saturated carbocycles. The van der Waals surface area contributed by atoms with Crippen LogP contribution < -0.4 is 15.4 Å². The molecule has 2 amide bonds. The monoisotopic (exact) mass is 339 g/mol. The standard InChI is InChI=1S/C15H21N3O4S/c1-10(19)16-12-7-8-14(18-23(2,21)22)13(9-12)15(20)17-11-5-3-4-6-11/h7-9,11,18H,3-6H2,1-2H3,(H,16,19)(H,17,20). The summed E-state index contributed by atoms with van der Waals surface area (Å²) in [5.41, 5.74) is 0.818. The molecule has 0 radical (unpaired) electrons. The molecule has 1 aromatic carbocycles. The van der Waals surface area contributed by atoms with Gasteiger partial charge in [-0.1, -0.05) is 12.8 Å². The van der Waals surface area contributed by atoms with Crippen molar-refractivity contribution in [1.29, 1.82) is 0 Å². The number of rotatable bonds is 5. The van der Waals surface area contributed by atoms with Crippen LogP contribution in [-0.4, -0.2) is 32.5 Å². The molecular weight excluding hydrogens is 318 g/mol. The van der Waals surface area contributed by atoms with E-state index in [9.17, 15) is 18.0 Å². The van der Waals surface area contributed by atoms with E-state index in [-0.39, 0.29) is 29.1 Å². The zero-order valence-corrected chi connectivity index (χ0v) is 14.0. The average Bonchev–Trinajstić information content (AvgIpc) is 2.91. The highest BCUT2D eigenvalue weighted by molar-refractivity contribution is 7.92. The third-order valence-electron chi connectivity index (χ3n) is 3.57. The molecule has 0 heterocycles. The van der Waals surface area contributed by atoms with Crippen molar-refractivity contribution in [2.24, 2.45) is 0 Å². The minimum Gasteiger partial charge on any atom is -0.349 e. The molecule has 2 rings (SSSR count). The summed E-state index contributed by atoms with van der Waals surface area (Å²) in [5, 5.41) is 5.50. The molecule has 1 aromatic rings. The molecule has 0 aliphatic heterocycles. The van der Waals surface area contributed by atoms with Gasteiger partial charge in [0.25, 0.3) is 5.91 Å². The lowest BCUT2D eigenvalue weighted by Crippen LogP contribution is -2.33. The van der Waals surface area contributed by atoms with Gasteiger partial charge in [0, 0.05) is 18.7 Å².